The lowest BCUT2D eigenvalue weighted by Crippen LogP contribution is -2.44. The van der Waals surface area contributed by atoms with E-state index in [4.69, 9.17) is 4.74 Å². The highest BCUT2D eigenvalue weighted by molar-refractivity contribution is 7.99. The summed E-state index contributed by atoms with van der Waals surface area (Å²) in [6.07, 6.45) is 3.12. The maximum atomic E-state index is 12.9. The Kier molecular flexibility index (Phi) is 8.39. The number of para-hydroxylation sites is 1. The molecule has 2 aliphatic heterocycles. The summed E-state index contributed by atoms with van der Waals surface area (Å²) in [7, 11) is 0. The fourth-order valence-electron chi connectivity index (χ4n) is 4.93. The molecule has 2 atom stereocenters. The first-order chi connectivity index (χ1) is 16.8. The van der Waals surface area contributed by atoms with Gasteiger partial charge in [0, 0.05) is 47.5 Å². The van der Waals surface area contributed by atoms with E-state index in [1.54, 1.807) is 11.8 Å². The molecular weight excluding hydrogens is 458 g/mol. The smallest absolute Gasteiger partial charge is 0.302 e. The maximum Gasteiger partial charge on any atom is 0.302 e. The molecule has 6 nitrogen and oxygen atoms in total. The second kappa shape index (κ2) is 11.5. The van der Waals surface area contributed by atoms with Gasteiger partial charge in [-0.2, -0.15) is 0 Å². The first kappa shape index (κ1) is 25.6. The fourth-order valence-corrected chi connectivity index (χ4v) is 5.99. The molecular formula is C28H37N3O3S. The normalized spacial score (nSPS) is 18.2. The summed E-state index contributed by atoms with van der Waals surface area (Å²) in [4.78, 5) is 31.5. The summed E-state index contributed by atoms with van der Waals surface area (Å²) in [5, 5.41) is 3.07. The molecule has 0 aromatic heterocycles. The van der Waals surface area contributed by atoms with Crippen molar-refractivity contribution in [1.29, 1.82) is 0 Å². The van der Waals surface area contributed by atoms with E-state index < -0.39 is 0 Å². The number of fused-ring (bicyclic) bond motifs is 2. The standard InChI is InChI=1S/C28H37N3O3S/c1-19(2)13-14-29-28(33)22-11-12-27-25(16-22)31(24-9-5-6-10-26(24)35-27)20(3)17-30-15-7-8-23(30)18-34-21(4)32/h5-6,9-12,16,19-20,23H,7-8,13-15,17-18H2,1-4H3,(H,29,33)/t20?,23-/m1/s1. The average molecular weight is 496 g/mol. The number of rotatable bonds is 9. The van der Waals surface area contributed by atoms with Crippen LogP contribution in [0.15, 0.2) is 52.3 Å². The van der Waals surface area contributed by atoms with E-state index in [2.05, 4.69) is 66.2 Å². The first-order valence-electron chi connectivity index (χ1n) is 12.7. The lowest BCUT2D eigenvalue weighted by atomic mass is 10.1. The molecule has 0 spiro atoms. The number of likely N-dealkylation sites (tertiary alicyclic amines) is 1. The van der Waals surface area contributed by atoms with E-state index in [1.807, 2.05) is 12.1 Å². The van der Waals surface area contributed by atoms with Crippen molar-refractivity contribution in [3.63, 3.8) is 0 Å². The first-order valence-corrected chi connectivity index (χ1v) is 13.5. The minimum Gasteiger partial charge on any atom is -0.464 e. The van der Waals surface area contributed by atoms with Crippen LogP contribution >= 0.6 is 11.8 Å². The Bertz CT molecular complexity index is 1060. The number of carbonyl (C=O) groups is 2. The lowest BCUT2D eigenvalue weighted by Gasteiger charge is -2.39. The summed E-state index contributed by atoms with van der Waals surface area (Å²) < 4.78 is 5.34. The van der Waals surface area contributed by atoms with Crippen LogP contribution in [0.4, 0.5) is 11.4 Å². The second-order valence-corrected chi connectivity index (χ2v) is 11.1. The highest BCUT2D eigenvalue weighted by Crippen LogP contribution is 2.49. The average Bonchev–Trinajstić information content (AvgIpc) is 3.27. The SMILES string of the molecule is CC(=O)OC[C@H]1CCCN1CC(C)N1c2ccccc2Sc2ccc(C(=O)NCCC(C)C)cc21. The quantitative estimate of drug-likeness (QED) is 0.465. The van der Waals surface area contributed by atoms with Crippen LogP contribution in [0, 0.1) is 5.92 Å². The third-order valence-electron chi connectivity index (χ3n) is 6.75. The van der Waals surface area contributed by atoms with E-state index in [-0.39, 0.29) is 24.0 Å². The Morgan fingerprint density at radius 3 is 2.66 bits per heavy atom. The molecule has 0 bridgehead atoms. The van der Waals surface area contributed by atoms with Gasteiger partial charge in [0.05, 0.1) is 11.4 Å². The number of anilines is 2. The zero-order valence-corrected chi connectivity index (χ0v) is 22.1. The van der Waals surface area contributed by atoms with E-state index in [9.17, 15) is 9.59 Å². The highest BCUT2D eigenvalue weighted by Gasteiger charge is 2.32. The van der Waals surface area contributed by atoms with Crippen molar-refractivity contribution in [3.05, 3.63) is 48.0 Å². The van der Waals surface area contributed by atoms with Crippen molar-refractivity contribution in [2.75, 3.05) is 31.1 Å². The number of hydrogen-bond donors (Lipinski definition) is 1. The summed E-state index contributed by atoms with van der Waals surface area (Å²) >= 11 is 1.76. The summed E-state index contributed by atoms with van der Waals surface area (Å²) in [6, 6.07) is 15.0. The van der Waals surface area contributed by atoms with Crippen LogP contribution in [0.3, 0.4) is 0 Å². The molecule has 1 saturated heterocycles. The Balaban J connectivity index is 1.57. The summed E-state index contributed by atoms with van der Waals surface area (Å²) in [5.41, 5.74) is 2.94. The van der Waals surface area contributed by atoms with Crippen LogP contribution in [-0.4, -0.2) is 55.1 Å². The minimum atomic E-state index is -0.222. The Morgan fingerprint density at radius 2 is 1.89 bits per heavy atom. The predicted molar refractivity (Wildman–Crippen MR) is 142 cm³/mol. The van der Waals surface area contributed by atoms with E-state index in [0.29, 0.717) is 24.6 Å². The van der Waals surface area contributed by atoms with Gasteiger partial charge in [-0.05, 0) is 69.0 Å². The van der Waals surface area contributed by atoms with E-state index >= 15 is 0 Å². The Labute approximate surface area is 213 Å². The zero-order chi connectivity index (χ0) is 24.9. The van der Waals surface area contributed by atoms with Crippen molar-refractivity contribution in [2.24, 2.45) is 5.92 Å². The number of nitrogens with one attached hydrogen (secondary N) is 1. The third-order valence-corrected chi connectivity index (χ3v) is 7.88. The highest BCUT2D eigenvalue weighted by atomic mass is 32.2. The van der Waals surface area contributed by atoms with E-state index in [0.717, 1.165) is 42.9 Å². The number of carbonyl (C=O) groups excluding carboxylic acids is 2. The molecule has 2 aromatic rings. The minimum absolute atomic E-state index is 0.0223. The molecule has 35 heavy (non-hydrogen) atoms. The zero-order valence-electron chi connectivity index (χ0n) is 21.3. The van der Waals surface area contributed by atoms with Gasteiger partial charge in [-0.1, -0.05) is 37.7 Å². The molecule has 2 aliphatic rings. The molecule has 188 valence electrons. The van der Waals surface area contributed by atoms with E-state index in [1.165, 1.54) is 17.5 Å². The van der Waals surface area contributed by atoms with Gasteiger partial charge >= 0.3 is 5.97 Å². The van der Waals surface area contributed by atoms with Gasteiger partial charge in [-0.3, -0.25) is 14.5 Å². The second-order valence-electron chi connectivity index (χ2n) is 10.0. The van der Waals surface area contributed by atoms with Gasteiger partial charge in [0.15, 0.2) is 0 Å². The number of hydrogen-bond acceptors (Lipinski definition) is 6. The molecule has 1 unspecified atom stereocenters. The molecule has 2 aromatic carbocycles. The topological polar surface area (TPSA) is 61.9 Å². The largest absolute Gasteiger partial charge is 0.464 e. The predicted octanol–water partition coefficient (Wildman–Crippen LogP) is 5.48. The van der Waals surface area contributed by atoms with Gasteiger partial charge in [0.1, 0.15) is 6.61 Å². The number of benzene rings is 2. The van der Waals surface area contributed by atoms with Crippen LogP contribution in [0.25, 0.3) is 0 Å². The van der Waals surface area contributed by atoms with Crippen molar-refractivity contribution in [2.45, 2.75) is 68.8 Å². The number of amides is 1. The lowest BCUT2D eigenvalue weighted by molar-refractivity contribution is -0.142. The third kappa shape index (κ3) is 6.19. The monoisotopic (exact) mass is 495 g/mol. The van der Waals surface area contributed by atoms with Crippen LogP contribution in [0.5, 0.6) is 0 Å². The molecule has 1 fully saturated rings. The Hall–Kier alpha value is -2.51. The van der Waals surface area contributed by atoms with Gasteiger partial charge in [0.2, 0.25) is 0 Å². The van der Waals surface area contributed by atoms with Gasteiger partial charge < -0.3 is 15.0 Å². The molecule has 0 radical (unpaired) electrons. The van der Waals surface area contributed by atoms with Gasteiger partial charge in [-0.15, -0.1) is 0 Å². The van der Waals surface area contributed by atoms with Crippen LogP contribution in [0.2, 0.25) is 0 Å². The maximum absolute atomic E-state index is 12.9. The summed E-state index contributed by atoms with van der Waals surface area (Å²) in [6.45, 7) is 11.0. The number of nitrogens with zero attached hydrogens (tertiary/aromatic N) is 2. The van der Waals surface area contributed by atoms with Crippen molar-refractivity contribution in [1.82, 2.24) is 10.2 Å². The number of esters is 1. The molecule has 4 rings (SSSR count). The van der Waals surface area contributed by atoms with Crippen LogP contribution < -0.4 is 10.2 Å². The molecule has 1 amide bonds. The number of ether oxygens (including phenoxy) is 1. The molecule has 7 heteroatoms. The van der Waals surface area contributed by atoms with Crippen LogP contribution in [0.1, 0.15) is 57.3 Å². The molecule has 2 heterocycles. The Morgan fingerprint density at radius 1 is 1.11 bits per heavy atom. The molecule has 1 N–H and O–H groups in total. The molecule has 0 aliphatic carbocycles. The fraction of sp³-hybridized carbons (Fsp3) is 0.500. The molecule has 0 saturated carbocycles. The van der Waals surface area contributed by atoms with Crippen molar-refractivity contribution >= 4 is 35.0 Å². The summed E-state index contributed by atoms with van der Waals surface area (Å²) in [5.74, 6) is 0.309. The van der Waals surface area contributed by atoms with Crippen LogP contribution in [-0.2, 0) is 9.53 Å². The van der Waals surface area contributed by atoms with Crippen molar-refractivity contribution < 1.29 is 14.3 Å². The van der Waals surface area contributed by atoms with Gasteiger partial charge in [0.25, 0.3) is 5.91 Å². The van der Waals surface area contributed by atoms with Gasteiger partial charge in [-0.25, -0.2) is 0 Å². The van der Waals surface area contributed by atoms with Crippen molar-refractivity contribution in [3.8, 4) is 0 Å².